The van der Waals surface area contributed by atoms with Crippen LogP contribution in [0.1, 0.15) is 46.5 Å². The third-order valence-corrected chi connectivity index (χ3v) is 6.52. The molecule has 5 heteroatoms. The van der Waals surface area contributed by atoms with Crippen molar-refractivity contribution >= 4 is 11.8 Å². The SMILES string of the molecule is CC(=O)N1C[C@H]2C3(CCNCC3)CC[C@@]2(C(=O)NCC(C)C)C1. The van der Waals surface area contributed by atoms with E-state index in [0.717, 1.165) is 51.9 Å². The van der Waals surface area contributed by atoms with Gasteiger partial charge in [-0.3, -0.25) is 9.59 Å². The predicted octanol–water partition coefficient (Wildman–Crippen LogP) is 1.39. The smallest absolute Gasteiger partial charge is 0.228 e. The summed E-state index contributed by atoms with van der Waals surface area (Å²) in [5, 5.41) is 6.63. The first kappa shape index (κ1) is 16.7. The Morgan fingerprint density at radius 3 is 2.52 bits per heavy atom. The van der Waals surface area contributed by atoms with E-state index in [1.54, 1.807) is 6.92 Å². The second kappa shape index (κ2) is 6.08. The van der Waals surface area contributed by atoms with Crippen LogP contribution < -0.4 is 10.6 Å². The van der Waals surface area contributed by atoms with Gasteiger partial charge < -0.3 is 15.5 Å². The summed E-state index contributed by atoms with van der Waals surface area (Å²) < 4.78 is 0. The fourth-order valence-electron chi connectivity index (χ4n) is 5.17. The van der Waals surface area contributed by atoms with E-state index in [-0.39, 0.29) is 22.6 Å². The second-order valence-electron chi connectivity index (χ2n) is 8.32. The molecule has 2 amide bonds. The Morgan fingerprint density at radius 2 is 1.91 bits per heavy atom. The third-order valence-electron chi connectivity index (χ3n) is 6.52. The van der Waals surface area contributed by atoms with Gasteiger partial charge in [0, 0.05) is 26.6 Å². The Morgan fingerprint density at radius 1 is 1.22 bits per heavy atom. The van der Waals surface area contributed by atoms with Crippen LogP contribution in [-0.2, 0) is 9.59 Å². The molecule has 2 aliphatic heterocycles. The minimum absolute atomic E-state index is 0.111. The molecular formula is C18H31N3O2. The molecule has 1 aliphatic carbocycles. The molecule has 0 aromatic carbocycles. The normalized spacial score (nSPS) is 32.3. The van der Waals surface area contributed by atoms with Gasteiger partial charge in [-0.2, -0.15) is 0 Å². The minimum atomic E-state index is -0.349. The van der Waals surface area contributed by atoms with Gasteiger partial charge in [-0.25, -0.2) is 0 Å². The van der Waals surface area contributed by atoms with Crippen LogP contribution in [0.5, 0.6) is 0 Å². The molecule has 3 aliphatic rings. The summed E-state index contributed by atoms with van der Waals surface area (Å²) >= 11 is 0. The number of nitrogens with one attached hydrogen (secondary N) is 2. The number of rotatable bonds is 3. The molecule has 1 spiro atoms. The molecule has 0 unspecified atom stereocenters. The summed E-state index contributed by atoms with van der Waals surface area (Å²) in [6.07, 6.45) is 4.36. The Kier molecular flexibility index (Phi) is 4.43. The van der Waals surface area contributed by atoms with Crippen LogP contribution in [0, 0.1) is 22.7 Å². The summed E-state index contributed by atoms with van der Waals surface area (Å²) in [4.78, 5) is 27.0. The highest BCUT2D eigenvalue weighted by Crippen LogP contribution is 2.61. The third kappa shape index (κ3) is 2.77. The van der Waals surface area contributed by atoms with Crippen LogP contribution in [0.15, 0.2) is 0 Å². The topological polar surface area (TPSA) is 61.4 Å². The van der Waals surface area contributed by atoms with Gasteiger partial charge in [0.15, 0.2) is 0 Å². The van der Waals surface area contributed by atoms with Crippen molar-refractivity contribution in [3.63, 3.8) is 0 Å². The molecular weight excluding hydrogens is 290 g/mol. The number of fused-ring (bicyclic) bond motifs is 2. The fraction of sp³-hybridized carbons (Fsp3) is 0.889. The number of amides is 2. The van der Waals surface area contributed by atoms with Gasteiger partial charge in [-0.05, 0) is 56.0 Å². The monoisotopic (exact) mass is 321 g/mol. The number of nitrogens with zero attached hydrogens (tertiary/aromatic N) is 1. The van der Waals surface area contributed by atoms with Gasteiger partial charge in [-0.1, -0.05) is 13.8 Å². The molecule has 3 rings (SSSR count). The minimum Gasteiger partial charge on any atom is -0.355 e. The molecule has 0 bridgehead atoms. The lowest BCUT2D eigenvalue weighted by atomic mass is 9.66. The van der Waals surface area contributed by atoms with Crippen molar-refractivity contribution in [1.82, 2.24) is 15.5 Å². The van der Waals surface area contributed by atoms with Gasteiger partial charge >= 0.3 is 0 Å². The number of hydrogen-bond acceptors (Lipinski definition) is 3. The van der Waals surface area contributed by atoms with E-state index < -0.39 is 0 Å². The zero-order chi connectivity index (χ0) is 16.7. The van der Waals surface area contributed by atoms with Gasteiger partial charge in [0.1, 0.15) is 0 Å². The Labute approximate surface area is 139 Å². The lowest BCUT2D eigenvalue weighted by Crippen LogP contribution is -2.49. The van der Waals surface area contributed by atoms with Crippen LogP contribution in [-0.4, -0.2) is 49.4 Å². The maximum Gasteiger partial charge on any atom is 0.228 e. The van der Waals surface area contributed by atoms with E-state index >= 15 is 0 Å². The Hall–Kier alpha value is -1.10. The van der Waals surface area contributed by atoms with Gasteiger partial charge in [-0.15, -0.1) is 0 Å². The number of likely N-dealkylation sites (tertiary alicyclic amines) is 1. The van der Waals surface area contributed by atoms with E-state index in [1.807, 2.05) is 4.90 Å². The summed E-state index contributed by atoms with van der Waals surface area (Å²) in [5.41, 5.74) is -0.0947. The summed E-state index contributed by atoms with van der Waals surface area (Å²) in [7, 11) is 0. The predicted molar refractivity (Wildman–Crippen MR) is 89.8 cm³/mol. The highest BCUT2D eigenvalue weighted by molar-refractivity contribution is 5.86. The van der Waals surface area contributed by atoms with Gasteiger partial charge in [0.2, 0.25) is 11.8 Å². The maximum atomic E-state index is 13.1. The van der Waals surface area contributed by atoms with E-state index in [9.17, 15) is 9.59 Å². The van der Waals surface area contributed by atoms with Crippen LogP contribution >= 0.6 is 0 Å². The average Bonchev–Trinajstić information content (AvgIpc) is 3.04. The molecule has 23 heavy (non-hydrogen) atoms. The van der Waals surface area contributed by atoms with Gasteiger partial charge in [0.05, 0.1) is 5.41 Å². The highest BCUT2D eigenvalue weighted by atomic mass is 16.2. The van der Waals surface area contributed by atoms with Crippen molar-refractivity contribution in [1.29, 1.82) is 0 Å². The maximum absolute atomic E-state index is 13.1. The van der Waals surface area contributed by atoms with Crippen molar-refractivity contribution in [2.24, 2.45) is 22.7 Å². The Bertz CT molecular complexity index is 485. The number of piperidine rings is 1. The quantitative estimate of drug-likeness (QED) is 0.826. The average molecular weight is 321 g/mol. The van der Waals surface area contributed by atoms with Crippen molar-refractivity contribution < 1.29 is 9.59 Å². The lowest BCUT2D eigenvalue weighted by molar-refractivity contribution is -0.133. The summed E-state index contributed by atoms with van der Waals surface area (Å²) in [6, 6.07) is 0. The van der Waals surface area contributed by atoms with Crippen molar-refractivity contribution in [2.45, 2.75) is 46.5 Å². The Balaban J connectivity index is 1.86. The molecule has 0 radical (unpaired) electrons. The first-order chi connectivity index (χ1) is 10.9. The zero-order valence-electron chi connectivity index (χ0n) is 14.8. The van der Waals surface area contributed by atoms with E-state index in [1.165, 1.54) is 0 Å². The van der Waals surface area contributed by atoms with Gasteiger partial charge in [0.25, 0.3) is 0 Å². The summed E-state index contributed by atoms with van der Waals surface area (Å²) in [6.45, 7) is 10.1. The van der Waals surface area contributed by atoms with Crippen LogP contribution in [0.3, 0.4) is 0 Å². The van der Waals surface area contributed by atoms with E-state index in [2.05, 4.69) is 24.5 Å². The molecule has 1 saturated carbocycles. The van der Waals surface area contributed by atoms with Crippen LogP contribution in [0.25, 0.3) is 0 Å². The molecule has 0 aromatic rings. The van der Waals surface area contributed by atoms with Crippen molar-refractivity contribution in [3.05, 3.63) is 0 Å². The molecule has 130 valence electrons. The lowest BCUT2D eigenvalue weighted by Gasteiger charge is -2.41. The highest BCUT2D eigenvalue weighted by Gasteiger charge is 2.64. The van der Waals surface area contributed by atoms with Crippen LogP contribution in [0.4, 0.5) is 0 Å². The molecule has 2 saturated heterocycles. The number of carbonyl (C=O) groups is 2. The van der Waals surface area contributed by atoms with E-state index in [4.69, 9.17) is 0 Å². The molecule has 2 atom stereocenters. The summed E-state index contributed by atoms with van der Waals surface area (Å²) in [5.74, 6) is 1.08. The first-order valence-electron chi connectivity index (χ1n) is 9.14. The second-order valence-corrected chi connectivity index (χ2v) is 8.32. The molecule has 5 nitrogen and oxygen atoms in total. The fourth-order valence-corrected chi connectivity index (χ4v) is 5.17. The van der Waals surface area contributed by atoms with Crippen molar-refractivity contribution in [3.8, 4) is 0 Å². The van der Waals surface area contributed by atoms with Crippen molar-refractivity contribution in [2.75, 3.05) is 32.7 Å². The molecule has 2 heterocycles. The molecule has 0 aromatic heterocycles. The molecule has 2 N–H and O–H groups in total. The largest absolute Gasteiger partial charge is 0.355 e. The standard InChI is InChI=1S/C18H31N3O2/c1-13(2)10-20-16(23)18-5-4-17(6-8-19-9-7-17)15(18)11-21(12-18)14(3)22/h13,15,19H,4-12H2,1-3H3,(H,20,23)/t15-,18+/m0/s1. The zero-order valence-corrected chi connectivity index (χ0v) is 14.8. The van der Waals surface area contributed by atoms with E-state index in [0.29, 0.717) is 18.4 Å². The number of carbonyl (C=O) groups excluding carboxylic acids is 2. The first-order valence-corrected chi connectivity index (χ1v) is 9.14. The number of hydrogen-bond donors (Lipinski definition) is 2. The molecule has 3 fully saturated rings. The van der Waals surface area contributed by atoms with Crippen LogP contribution in [0.2, 0.25) is 0 Å².